The predicted octanol–water partition coefficient (Wildman–Crippen LogP) is 12.2. The molecule has 4 heteroatoms. The number of hydrogen-bond acceptors (Lipinski definition) is 4. The summed E-state index contributed by atoms with van der Waals surface area (Å²) in [6, 6.07) is 43.2. The molecule has 0 bridgehead atoms. The maximum atomic E-state index is 5.35. The normalized spacial score (nSPS) is 16.6. The maximum absolute atomic E-state index is 5.35. The molecule has 258 valence electrons. The molecule has 4 nitrogen and oxygen atoms in total. The van der Waals surface area contributed by atoms with Crippen LogP contribution >= 0.6 is 0 Å². The van der Waals surface area contributed by atoms with Gasteiger partial charge in [0.15, 0.2) is 0 Å². The van der Waals surface area contributed by atoms with Gasteiger partial charge in [0, 0.05) is 36.1 Å². The molecule has 7 aromatic rings. The molecule has 2 aliphatic carbocycles. The van der Waals surface area contributed by atoms with E-state index in [9.17, 15) is 0 Å². The van der Waals surface area contributed by atoms with Crippen LogP contribution in [-0.4, -0.2) is 21.5 Å². The van der Waals surface area contributed by atoms with Crippen molar-refractivity contribution >= 4 is 55.6 Å². The lowest BCUT2D eigenvalue weighted by Gasteiger charge is -2.25. The lowest BCUT2D eigenvalue weighted by atomic mass is 9.81. The van der Waals surface area contributed by atoms with Crippen LogP contribution in [0.25, 0.3) is 61.2 Å². The molecule has 3 heterocycles. The third kappa shape index (κ3) is 5.86. The Morgan fingerprint density at radius 3 is 2.06 bits per heavy atom. The van der Waals surface area contributed by atoms with Crippen LogP contribution in [0.3, 0.4) is 0 Å². The van der Waals surface area contributed by atoms with Crippen LogP contribution in [0.1, 0.15) is 59.0 Å². The van der Waals surface area contributed by atoms with E-state index in [1.54, 1.807) is 0 Å². The fourth-order valence-corrected chi connectivity index (χ4v) is 8.43. The Morgan fingerprint density at radius 1 is 0.611 bits per heavy atom. The second kappa shape index (κ2) is 13.7. The van der Waals surface area contributed by atoms with Crippen molar-refractivity contribution in [3.8, 4) is 11.3 Å². The van der Waals surface area contributed by atoms with Gasteiger partial charge in [-0.2, -0.15) is 0 Å². The Balaban J connectivity index is 1.08. The first-order valence-corrected chi connectivity index (χ1v) is 18.9. The minimum absolute atomic E-state index is 0.0114. The van der Waals surface area contributed by atoms with Gasteiger partial charge >= 0.3 is 0 Å². The summed E-state index contributed by atoms with van der Waals surface area (Å²) in [6.07, 6.45) is 20.3. The number of fused-ring (bicyclic) bond motifs is 3. The Kier molecular flexibility index (Phi) is 8.14. The molecule has 0 saturated heterocycles. The van der Waals surface area contributed by atoms with Crippen LogP contribution in [0.5, 0.6) is 0 Å². The molecule has 2 aromatic heterocycles. The number of rotatable bonds is 6. The molecule has 54 heavy (non-hydrogen) atoms. The minimum atomic E-state index is 0.0114. The van der Waals surface area contributed by atoms with Gasteiger partial charge in [0.25, 0.3) is 0 Å². The summed E-state index contributed by atoms with van der Waals surface area (Å²) in [7, 11) is 0. The van der Waals surface area contributed by atoms with Crippen LogP contribution in [-0.2, 0) is 0 Å². The maximum Gasteiger partial charge on any atom is 0.136 e. The number of pyridine rings is 1. The number of benzene rings is 5. The van der Waals surface area contributed by atoms with Crippen molar-refractivity contribution in [2.75, 3.05) is 11.9 Å². The molecule has 1 atom stereocenters. The van der Waals surface area contributed by atoms with Crippen LogP contribution in [0.4, 0.5) is 5.69 Å². The van der Waals surface area contributed by atoms with Crippen LogP contribution in [0.2, 0.25) is 0 Å². The highest BCUT2D eigenvalue weighted by Gasteiger charge is 2.25. The van der Waals surface area contributed by atoms with Gasteiger partial charge in [0.1, 0.15) is 5.82 Å². The van der Waals surface area contributed by atoms with Crippen molar-refractivity contribution in [1.82, 2.24) is 15.0 Å². The van der Waals surface area contributed by atoms with E-state index in [2.05, 4.69) is 162 Å². The zero-order valence-corrected chi connectivity index (χ0v) is 29.9. The summed E-state index contributed by atoms with van der Waals surface area (Å²) in [5, 5.41) is 8.77. The molecule has 0 saturated carbocycles. The fourth-order valence-electron chi connectivity index (χ4n) is 8.43. The summed E-state index contributed by atoms with van der Waals surface area (Å²) >= 11 is 0. The smallest absolute Gasteiger partial charge is 0.136 e. The Hall–Kier alpha value is -6.65. The summed E-state index contributed by atoms with van der Waals surface area (Å²) in [6.45, 7) is 0.782. The van der Waals surface area contributed by atoms with Crippen LogP contribution in [0.15, 0.2) is 164 Å². The van der Waals surface area contributed by atoms with Gasteiger partial charge in [-0.25, -0.2) is 9.97 Å². The highest BCUT2D eigenvalue weighted by Crippen LogP contribution is 2.45. The highest BCUT2D eigenvalue weighted by molar-refractivity contribution is 6.18. The number of hydrogen-bond donors (Lipinski definition) is 1. The van der Waals surface area contributed by atoms with Crippen molar-refractivity contribution < 1.29 is 0 Å². The number of para-hydroxylation sites is 1. The van der Waals surface area contributed by atoms with E-state index in [-0.39, 0.29) is 5.92 Å². The molecule has 1 unspecified atom stereocenters. The van der Waals surface area contributed by atoms with Crippen molar-refractivity contribution in [3.05, 3.63) is 198 Å². The lowest BCUT2D eigenvalue weighted by Crippen LogP contribution is -2.11. The van der Waals surface area contributed by atoms with Crippen LogP contribution < -0.4 is 5.32 Å². The third-order valence-corrected chi connectivity index (χ3v) is 11.0. The van der Waals surface area contributed by atoms with Crippen molar-refractivity contribution in [2.24, 2.45) is 0 Å². The number of aromatic nitrogens is 3. The van der Waals surface area contributed by atoms with E-state index < -0.39 is 0 Å². The first-order chi connectivity index (χ1) is 26.8. The van der Waals surface area contributed by atoms with E-state index in [1.807, 2.05) is 18.5 Å². The molecular weight excluding hydrogens is 657 g/mol. The average molecular weight is 695 g/mol. The molecule has 0 fully saturated rings. The fraction of sp³-hybridized carbons (Fsp3) is 0.100. The molecule has 10 rings (SSSR count). The third-order valence-electron chi connectivity index (χ3n) is 11.0. The molecule has 5 aromatic carbocycles. The summed E-state index contributed by atoms with van der Waals surface area (Å²) < 4.78 is 0. The standard InChI is InChI=1S/C50H38N4/c1-2-13-33(14-3-1)46-30-47(36-17-10-16-34(27-36)39-20-12-26-51-31-39)54-50(53-46)38-19-11-18-37(29-38)48-41-21-5-7-23-43(41)49(44-24-8-6-22-42(44)48)40-28-35-15-4-9-25-45(35)52-32-40/h1-9,11-15,17-28,30-31,38,52H,10,16,29,32H2. The van der Waals surface area contributed by atoms with E-state index in [0.717, 1.165) is 59.7 Å². The van der Waals surface area contributed by atoms with Gasteiger partial charge < -0.3 is 5.32 Å². The number of nitrogens with zero attached hydrogens (tertiary/aromatic N) is 3. The number of allylic oxidation sites excluding steroid dienone is 8. The summed E-state index contributed by atoms with van der Waals surface area (Å²) in [5.74, 6) is 0.857. The second-order valence-electron chi connectivity index (χ2n) is 14.3. The summed E-state index contributed by atoms with van der Waals surface area (Å²) in [5.41, 5.74) is 14.2. The highest BCUT2D eigenvalue weighted by atomic mass is 14.9. The van der Waals surface area contributed by atoms with Crippen molar-refractivity contribution in [1.29, 1.82) is 0 Å². The Bertz CT molecular complexity index is 2680. The number of anilines is 1. The summed E-state index contributed by atoms with van der Waals surface area (Å²) in [4.78, 5) is 15.0. The molecular formula is C50H38N4. The molecule has 1 N–H and O–H groups in total. The number of nitrogens with one attached hydrogen (secondary N) is 1. The van der Waals surface area contributed by atoms with E-state index in [4.69, 9.17) is 9.97 Å². The van der Waals surface area contributed by atoms with Gasteiger partial charge in [-0.15, -0.1) is 0 Å². The van der Waals surface area contributed by atoms with Crippen molar-refractivity contribution in [2.45, 2.75) is 25.2 Å². The lowest BCUT2D eigenvalue weighted by molar-refractivity contribution is 0.781. The monoisotopic (exact) mass is 694 g/mol. The SMILES string of the molecule is C1=CC(c2nc(C3=CCCC(c4cccnc4)=C3)cc(-c3ccccc3)n2)CC(c2c3ccccc3c(C3=Cc4ccccc4NC3)c3ccccc23)=C1. The topological polar surface area (TPSA) is 50.7 Å². The molecule has 1 aliphatic heterocycles. The first-order valence-electron chi connectivity index (χ1n) is 18.9. The average Bonchev–Trinajstić information content (AvgIpc) is 3.26. The molecule has 0 spiro atoms. The van der Waals surface area contributed by atoms with Gasteiger partial charge in [0.05, 0.1) is 11.4 Å². The molecule has 3 aliphatic rings. The first kappa shape index (κ1) is 32.0. The van der Waals surface area contributed by atoms with Gasteiger partial charge in [-0.1, -0.05) is 127 Å². The predicted molar refractivity (Wildman–Crippen MR) is 226 cm³/mol. The van der Waals surface area contributed by atoms with E-state index in [0.29, 0.717) is 0 Å². The van der Waals surface area contributed by atoms with Crippen molar-refractivity contribution in [3.63, 3.8) is 0 Å². The van der Waals surface area contributed by atoms with Gasteiger partial charge in [-0.05, 0) is 116 Å². The van der Waals surface area contributed by atoms with Crippen LogP contribution in [0, 0.1) is 0 Å². The molecule has 0 amide bonds. The van der Waals surface area contributed by atoms with E-state index in [1.165, 1.54) is 60.6 Å². The zero-order chi connectivity index (χ0) is 35.8. The Labute approximate surface area is 315 Å². The van der Waals surface area contributed by atoms with E-state index >= 15 is 0 Å². The zero-order valence-electron chi connectivity index (χ0n) is 29.9. The quantitative estimate of drug-likeness (QED) is 0.176. The van der Waals surface area contributed by atoms with Gasteiger partial charge in [0.2, 0.25) is 0 Å². The Morgan fingerprint density at radius 2 is 1.30 bits per heavy atom. The second-order valence-corrected chi connectivity index (χ2v) is 14.3. The minimum Gasteiger partial charge on any atom is -0.380 e. The van der Waals surface area contributed by atoms with Gasteiger partial charge in [-0.3, -0.25) is 4.98 Å². The molecule has 0 radical (unpaired) electrons. The largest absolute Gasteiger partial charge is 0.380 e.